The maximum absolute atomic E-state index is 12.6. The number of hydrogen-bond donors (Lipinski definition) is 2. The zero-order valence-electron chi connectivity index (χ0n) is 14.1. The second-order valence-corrected chi connectivity index (χ2v) is 5.54. The first-order valence-corrected chi connectivity index (χ1v) is 7.91. The summed E-state index contributed by atoms with van der Waals surface area (Å²) in [6.07, 6.45) is 3.57. The molecule has 6 nitrogen and oxygen atoms in total. The third-order valence-corrected chi connectivity index (χ3v) is 3.88. The average Bonchev–Trinajstić information content (AvgIpc) is 3.06. The molecule has 1 aromatic heterocycles. The Morgan fingerprint density at radius 1 is 1.12 bits per heavy atom. The zero-order chi connectivity index (χ0) is 17.6. The number of urea groups is 1. The predicted molar refractivity (Wildman–Crippen MR) is 96.6 cm³/mol. The van der Waals surface area contributed by atoms with Gasteiger partial charge in [-0.25, -0.2) is 9.78 Å². The first kappa shape index (κ1) is 16.6. The largest absolute Gasteiger partial charge is 0.495 e. The van der Waals surface area contributed by atoms with E-state index in [1.165, 1.54) is 0 Å². The molecule has 0 spiro atoms. The van der Waals surface area contributed by atoms with Crippen molar-refractivity contribution in [3.63, 3.8) is 0 Å². The van der Waals surface area contributed by atoms with Crippen molar-refractivity contribution < 1.29 is 9.53 Å². The molecule has 128 valence electrons. The van der Waals surface area contributed by atoms with E-state index < -0.39 is 0 Å². The van der Waals surface area contributed by atoms with E-state index in [0.29, 0.717) is 11.4 Å². The molecule has 1 heterocycles. The van der Waals surface area contributed by atoms with Gasteiger partial charge in [0.25, 0.3) is 0 Å². The summed E-state index contributed by atoms with van der Waals surface area (Å²) >= 11 is 0. The molecule has 0 aliphatic heterocycles. The van der Waals surface area contributed by atoms with Gasteiger partial charge in [0.15, 0.2) is 0 Å². The summed E-state index contributed by atoms with van der Waals surface area (Å²) in [6, 6.07) is 16.3. The second kappa shape index (κ2) is 7.53. The number of aromatic nitrogens is 2. The molecule has 2 aromatic carbocycles. The first-order chi connectivity index (χ1) is 12.2. The van der Waals surface area contributed by atoms with Gasteiger partial charge in [-0.3, -0.25) is 0 Å². The summed E-state index contributed by atoms with van der Waals surface area (Å²) < 4.78 is 7.16. The normalized spacial score (nSPS) is 11.6. The van der Waals surface area contributed by atoms with Crippen LogP contribution in [0.2, 0.25) is 0 Å². The minimum absolute atomic E-state index is 0.332. The van der Waals surface area contributed by atoms with Gasteiger partial charge in [0.05, 0.1) is 12.8 Å². The topological polar surface area (TPSA) is 68.2 Å². The predicted octanol–water partition coefficient (Wildman–Crippen LogP) is 3.34. The molecule has 1 unspecified atom stereocenters. The van der Waals surface area contributed by atoms with Crippen LogP contribution in [-0.4, -0.2) is 22.7 Å². The van der Waals surface area contributed by atoms with Gasteiger partial charge in [0.1, 0.15) is 17.6 Å². The SMILES string of the molecule is COc1ccccc1NC(=O)NC(c1ccccc1)c1nccn1C. The number of para-hydroxylation sites is 2. The minimum atomic E-state index is -0.365. The quantitative estimate of drug-likeness (QED) is 0.751. The number of benzene rings is 2. The van der Waals surface area contributed by atoms with E-state index in [-0.39, 0.29) is 12.1 Å². The molecular formula is C19H20N4O2. The van der Waals surface area contributed by atoms with Gasteiger partial charge in [-0.1, -0.05) is 42.5 Å². The van der Waals surface area contributed by atoms with Gasteiger partial charge in [0.2, 0.25) is 0 Å². The Bertz CT molecular complexity index is 845. The molecule has 2 N–H and O–H groups in total. The van der Waals surface area contributed by atoms with Crippen molar-refractivity contribution in [2.75, 3.05) is 12.4 Å². The molecule has 0 fully saturated rings. The molecule has 0 saturated heterocycles. The molecule has 3 rings (SSSR count). The number of nitrogens with one attached hydrogen (secondary N) is 2. The fourth-order valence-electron chi connectivity index (χ4n) is 2.64. The van der Waals surface area contributed by atoms with E-state index >= 15 is 0 Å². The van der Waals surface area contributed by atoms with E-state index in [9.17, 15) is 4.79 Å². The Kier molecular flexibility index (Phi) is 4.99. The van der Waals surface area contributed by atoms with Gasteiger partial charge < -0.3 is 19.9 Å². The highest BCUT2D eigenvalue weighted by atomic mass is 16.5. The molecule has 0 radical (unpaired) electrons. The van der Waals surface area contributed by atoms with E-state index in [1.807, 2.05) is 60.3 Å². The van der Waals surface area contributed by atoms with Crippen molar-refractivity contribution in [3.05, 3.63) is 78.4 Å². The van der Waals surface area contributed by atoms with Crippen LogP contribution < -0.4 is 15.4 Å². The number of amides is 2. The number of hydrogen-bond acceptors (Lipinski definition) is 3. The first-order valence-electron chi connectivity index (χ1n) is 7.91. The molecule has 25 heavy (non-hydrogen) atoms. The van der Waals surface area contributed by atoms with Crippen LogP contribution in [0.1, 0.15) is 17.4 Å². The zero-order valence-corrected chi connectivity index (χ0v) is 14.1. The van der Waals surface area contributed by atoms with E-state index in [1.54, 1.807) is 25.4 Å². The summed E-state index contributed by atoms with van der Waals surface area (Å²) in [4.78, 5) is 16.9. The van der Waals surface area contributed by atoms with Crippen molar-refractivity contribution in [3.8, 4) is 5.75 Å². The summed E-state index contributed by atoms with van der Waals surface area (Å²) in [6.45, 7) is 0. The van der Waals surface area contributed by atoms with Crippen LogP contribution in [0.25, 0.3) is 0 Å². The number of rotatable bonds is 5. The number of imidazole rings is 1. The molecule has 0 aliphatic carbocycles. The Labute approximate surface area is 146 Å². The lowest BCUT2D eigenvalue weighted by atomic mass is 10.1. The molecule has 3 aromatic rings. The number of ether oxygens (including phenoxy) is 1. The van der Waals surface area contributed by atoms with Crippen LogP contribution in [0, 0.1) is 0 Å². The maximum atomic E-state index is 12.6. The fraction of sp³-hybridized carbons (Fsp3) is 0.158. The van der Waals surface area contributed by atoms with Crippen molar-refractivity contribution in [1.29, 1.82) is 0 Å². The van der Waals surface area contributed by atoms with Crippen molar-refractivity contribution in [1.82, 2.24) is 14.9 Å². The van der Waals surface area contributed by atoms with Crippen LogP contribution in [0.5, 0.6) is 5.75 Å². The van der Waals surface area contributed by atoms with Crippen LogP contribution in [-0.2, 0) is 7.05 Å². The van der Waals surface area contributed by atoms with Gasteiger partial charge in [-0.05, 0) is 17.7 Å². The van der Waals surface area contributed by atoms with Crippen LogP contribution in [0.15, 0.2) is 67.0 Å². The Morgan fingerprint density at radius 2 is 1.84 bits per heavy atom. The highest BCUT2D eigenvalue weighted by Gasteiger charge is 2.21. The number of carbonyl (C=O) groups is 1. The summed E-state index contributed by atoms with van der Waals surface area (Å²) in [5.41, 5.74) is 1.56. The lowest BCUT2D eigenvalue weighted by Gasteiger charge is -2.20. The number of aryl methyl sites for hydroxylation is 1. The molecule has 0 saturated carbocycles. The standard InChI is InChI=1S/C19H20N4O2/c1-23-13-12-20-18(23)17(14-8-4-3-5-9-14)22-19(24)21-15-10-6-7-11-16(15)25-2/h3-13,17H,1-2H3,(H2,21,22,24). The van der Waals surface area contributed by atoms with Crippen LogP contribution in [0.4, 0.5) is 10.5 Å². The van der Waals surface area contributed by atoms with Crippen LogP contribution >= 0.6 is 0 Å². The lowest BCUT2D eigenvalue weighted by molar-refractivity contribution is 0.249. The molecular weight excluding hydrogens is 316 g/mol. The molecule has 1 atom stereocenters. The monoisotopic (exact) mass is 336 g/mol. The third-order valence-electron chi connectivity index (χ3n) is 3.88. The number of carbonyl (C=O) groups excluding carboxylic acids is 1. The van der Waals surface area contributed by atoms with Gasteiger partial charge in [-0.2, -0.15) is 0 Å². The second-order valence-electron chi connectivity index (χ2n) is 5.54. The van der Waals surface area contributed by atoms with E-state index in [4.69, 9.17) is 4.74 Å². The molecule has 6 heteroatoms. The highest BCUT2D eigenvalue weighted by molar-refractivity contribution is 5.91. The average molecular weight is 336 g/mol. The maximum Gasteiger partial charge on any atom is 0.320 e. The Morgan fingerprint density at radius 3 is 2.52 bits per heavy atom. The number of anilines is 1. The van der Waals surface area contributed by atoms with Crippen molar-refractivity contribution >= 4 is 11.7 Å². The number of nitrogens with zero attached hydrogens (tertiary/aromatic N) is 2. The molecule has 0 bridgehead atoms. The minimum Gasteiger partial charge on any atom is -0.495 e. The number of methoxy groups -OCH3 is 1. The Balaban J connectivity index is 1.83. The van der Waals surface area contributed by atoms with Gasteiger partial charge >= 0.3 is 6.03 Å². The molecule has 0 aliphatic rings. The highest BCUT2D eigenvalue weighted by Crippen LogP contribution is 2.24. The fourth-order valence-corrected chi connectivity index (χ4v) is 2.64. The Hall–Kier alpha value is -3.28. The van der Waals surface area contributed by atoms with E-state index in [2.05, 4.69) is 15.6 Å². The summed E-state index contributed by atoms with van der Waals surface area (Å²) in [5.74, 6) is 1.35. The summed E-state index contributed by atoms with van der Waals surface area (Å²) in [5, 5.41) is 5.82. The lowest BCUT2D eigenvalue weighted by Crippen LogP contribution is -2.34. The van der Waals surface area contributed by atoms with Gasteiger partial charge in [-0.15, -0.1) is 0 Å². The summed E-state index contributed by atoms with van der Waals surface area (Å²) in [7, 11) is 3.47. The van der Waals surface area contributed by atoms with Crippen molar-refractivity contribution in [2.45, 2.75) is 6.04 Å². The van der Waals surface area contributed by atoms with Gasteiger partial charge in [0, 0.05) is 19.4 Å². The smallest absolute Gasteiger partial charge is 0.320 e. The molecule has 2 amide bonds. The van der Waals surface area contributed by atoms with E-state index in [0.717, 1.165) is 11.4 Å². The van der Waals surface area contributed by atoms with Crippen LogP contribution in [0.3, 0.4) is 0 Å². The third kappa shape index (κ3) is 3.80. The van der Waals surface area contributed by atoms with Crippen molar-refractivity contribution in [2.24, 2.45) is 7.05 Å².